The number of unbranched alkanes of at least 4 members (excludes halogenated alkanes) is 51. The lowest BCUT2D eigenvalue weighted by atomic mass is 10.0. The summed E-state index contributed by atoms with van der Waals surface area (Å²) in [6.07, 6.45) is 62.6. The number of hydrogen-bond acceptors (Lipinski definition) is 15. The van der Waals surface area contributed by atoms with Gasteiger partial charge in [0.1, 0.15) is 19.3 Å². The van der Waals surface area contributed by atoms with Gasteiger partial charge in [-0.1, -0.05) is 369 Å². The van der Waals surface area contributed by atoms with Crippen LogP contribution < -0.4 is 0 Å². The molecule has 0 saturated heterocycles. The summed E-state index contributed by atoms with van der Waals surface area (Å²) in [4.78, 5) is 72.9. The molecule has 0 fully saturated rings. The Labute approximate surface area is 600 Å². The number of phosphoric acid groups is 2. The average molecular weight is 1440 g/mol. The van der Waals surface area contributed by atoms with Gasteiger partial charge in [0.15, 0.2) is 12.2 Å². The number of ether oxygens (including phenoxy) is 4. The molecule has 19 heteroatoms. The summed E-state index contributed by atoms with van der Waals surface area (Å²) in [6.45, 7) is 7.26. The van der Waals surface area contributed by atoms with Crippen molar-refractivity contribution in [2.24, 2.45) is 5.92 Å². The fourth-order valence-corrected chi connectivity index (χ4v) is 13.8. The number of aliphatic hydroxyl groups excluding tert-OH is 1. The normalized spacial score (nSPS) is 13.9. The van der Waals surface area contributed by atoms with Crippen molar-refractivity contribution >= 4 is 39.5 Å². The molecule has 0 rings (SSSR count). The first-order valence-corrected chi connectivity index (χ1v) is 44.1. The molecule has 0 aromatic rings. The van der Waals surface area contributed by atoms with Gasteiger partial charge in [0.05, 0.1) is 26.4 Å². The van der Waals surface area contributed by atoms with Gasteiger partial charge < -0.3 is 33.8 Å². The number of hydrogen-bond donors (Lipinski definition) is 3. The van der Waals surface area contributed by atoms with E-state index in [0.29, 0.717) is 25.7 Å². The molecule has 0 amide bonds. The quantitative estimate of drug-likeness (QED) is 0.0222. The molecule has 0 aliphatic heterocycles. The van der Waals surface area contributed by atoms with Gasteiger partial charge in [-0.25, -0.2) is 9.13 Å². The molecular formula is C79H154O17P2. The molecule has 0 spiro atoms. The Balaban J connectivity index is 5.18. The Morgan fingerprint density at radius 1 is 0.276 bits per heavy atom. The summed E-state index contributed by atoms with van der Waals surface area (Å²) in [7, 11) is -9.91. The summed E-state index contributed by atoms with van der Waals surface area (Å²) in [5.74, 6) is -1.39. The Morgan fingerprint density at radius 2 is 0.469 bits per heavy atom. The largest absolute Gasteiger partial charge is 0.472 e. The van der Waals surface area contributed by atoms with Crippen LogP contribution in [0.1, 0.15) is 420 Å². The monoisotopic (exact) mass is 1440 g/mol. The number of phosphoric ester groups is 2. The van der Waals surface area contributed by atoms with Gasteiger partial charge in [-0.3, -0.25) is 37.3 Å². The summed E-state index contributed by atoms with van der Waals surface area (Å²) in [6, 6.07) is 0. The lowest BCUT2D eigenvalue weighted by Crippen LogP contribution is -2.30. The molecular weight excluding hydrogens is 1280 g/mol. The van der Waals surface area contributed by atoms with Crippen molar-refractivity contribution in [1.82, 2.24) is 0 Å². The van der Waals surface area contributed by atoms with Crippen LogP contribution in [0.15, 0.2) is 0 Å². The van der Waals surface area contributed by atoms with Crippen molar-refractivity contribution < 1.29 is 80.2 Å². The second-order valence-corrected chi connectivity index (χ2v) is 31.8. The predicted molar refractivity (Wildman–Crippen MR) is 400 cm³/mol. The van der Waals surface area contributed by atoms with E-state index in [1.54, 1.807) is 0 Å². The lowest BCUT2D eigenvalue weighted by molar-refractivity contribution is -0.161. The highest BCUT2D eigenvalue weighted by molar-refractivity contribution is 7.47. The second-order valence-electron chi connectivity index (χ2n) is 28.9. The molecule has 98 heavy (non-hydrogen) atoms. The highest BCUT2D eigenvalue weighted by Gasteiger charge is 2.30. The molecule has 0 radical (unpaired) electrons. The first-order valence-electron chi connectivity index (χ1n) is 41.1. The number of carbonyl (C=O) groups is 4. The maximum absolute atomic E-state index is 13.1. The van der Waals surface area contributed by atoms with Crippen LogP contribution in [0.4, 0.5) is 0 Å². The molecule has 3 N–H and O–H groups in total. The molecule has 0 saturated carbocycles. The smallest absolute Gasteiger partial charge is 0.462 e. The van der Waals surface area contributed by atoms with E-state index in [0.717, 1.165) is 95.8 Å². The topological polar surface area (TPSA) is 237 Å². The molecule has 0 bridgehead atoms. The van der Waals surface area contributed by atoms with E-state index in [9.17, 15) is 43.2 Å². The van der Waals surface area contributed by atoms with Crippen LogP contribution in [-0.2, 0) is 65.4 Å². The lowest BCUT2D eigenvalue weighted by Gasteiger charge is -2.21. The van der Waals surface area contributed by atoms with Crippen LogP contribution in [0.2, 0.25) is 0 Å². The van der Waals surface area contributed by atoms with E-state index >= 15 is 0 Å². The molecule has 582 valence electrons. The molecule has 17 nitrogen and oxygen atoms in total. The molecule has 0 heterocycles. The van der Waals surface area contributed by atoms with E-state index in [2.05, 4.69) is 34.6 Å². The van der Waals surface area contributed by atoms with Crippen LogP contribution in [0.5, 0.6) is 0 Å². The minimum absolute atomic E-state index is 0.105. The Bertz CT molecular complexity index is 1870. The maximum atomic E-state index is 13.1. The van der Waals surface area contributed by atoms with E-state index in [1.807, 2.05) is 0 Å². The molecule has 0 aromatic heterocycles. The van der Waals surface area contributed by atoms with Crippen molar-refractivity contribution in [3.8, 4) is 0 Å². The first-order chi connectivity index (χ1) is 47.5. The SMILES string of the molecule is CCCCCCCCCCCCCCCCCCCCCCCCC(=O)O[C@H](COC(=O)CCCCCCCCCCCCCCCCC)COP(=O)(O)OC[C@@H](O)COP(=O)(O)OC[C@@H](COC(=O)CCCCCCCCCCCC)OC(=O)CCCCCCCCCCC(C)C. The van der Waals surface area contributed by atoms with Crippen LogP contribution in [0, 0.1) is 5.92 Å². The summed E-state index contributed by atoms with van der Waals surface area (Å²) in [5.41, 5.74) is 0. The summed E-state index contributed by atoms with van der Waals surface area (Å²) < 4.78 is 68.6. The minimum atomic E-state index is -4.96. The Kier molecular flexibility index (Phi) is 70.6. The average Bonchev–Trinajstić information content (AvgIpc) is 0.932. The number of esters is 4. The number of carbonyl (C=O) groups excluding carboxylic acids is 4. The zero-order chi connectivity index (χ0) is 71.9. The third-order valence-electron chi connectivity index (χ3n) is 18.5. The van der Waals surface area contributed by atoms with Gasteiger partial charge in [-0.15, -0.1) is 0 Å². The van der Waals surface area contributed by atoms with E-state index < -0.39 is 97.5 Å². The van der Waals surface area contributed by atoms with Crippen molar-refractivity contribution in [3.05, 3.63) is 0 Å². The third-order valence-corrected chi connectivity index (χ3v) is 20.4. The third kappa shape index (κ3) is 72.4. The van der Waals surface area contributed by atoms with Gasteiger partial charge in [0.25, 0.3) is 0 Å². The van der Waals surface area contributed by atoms with E-state index in [4.69, 9.17) is 37.0 Å². The number of aliphatic hydroxyl groups is 1. The van der Waals surface area contributed by atoms with Crippen LogP contribution in [0.3, 0.4) is 0 Å². The molecule has 0 aromatic carbocycles. The Morgan fingerprint density at radius 3 is 0.694 bits per heavy atom. The summed E-state index contributed by atoms with van der Waals surface area (Å²) >= 11 is 0. The van der Waals surface area contributed by atoms with Crippen molar-refractivity contribution in [2.45, 2.75) is 438 Å². The van der Waals surface area contributed by atoms with Crippen LogP contribution in [-0.4, -0.2) is 96.7 Å². The van der Waals surface area contributed by atoms with E-state index in [-0.39, 0.29) is 25.7 Å². The van der Waals surface area contributed by atoms with Crippen molar-refractivity contribution in [3.63, 3.8) is 0 Å². The standard InChI is InChI=1S/C79H154O17P2/c1-6-9-12-15-18-21-24-26-28-29-30-31-32-33-34-36-38-40-43-49-54-59-64-78(83)95-74(68-90-77(82)63-58-53-48-42-39-37-35-27-25-22-19-16-13-10-7-2)70-93-97(85,86)91-66-73(80)67-92-98(87,88)94-71-75(69-89-76(81)62-57-52-47-41-23-20-17-14-11-8-3)96-79(84)65-60-55-50-45-44-46-51-56-61-72(4)5/h72-75,80H,6-71H2,1-5H3,(H,85,86)(H,87,88)/t73-,74-,75-/m1/s1. The fraction of sp³-hybridized carbons (Fsp3) is 0.949. The van der Waals surface area contributed by atoms with Crippen LogP contribution >= 0.6 is 15.6 Å². The van der Waals surface area contributed by atoms with Crippen LogP contribution in [0.25, 0.3) is 0 Å². The molecule has 2 unspecified atom stereocenters. The first kappa shape index (κ1) is 96.1. The summed E-state index contributed by atoms with van der Waals surface area (Å²) in [5, 5.41) is 10.6. The van der Waals surface area contributed by atoms with Gasteiger partial charge in [-0.05, 0) is 31.6 Å². The van der Waals surface area contributed by atoms with Crippen molar-refractivity contribution in [2.75, 3.05) is 39.6 Å². The minimum Gasteiger partial charge on any atom is -0.462 e. The molecule has 5 atom stereocenters. The van der Waals surface area contributed by atoms with Crippen molar-refractivity contribution in [1.29, 1.82) is 0 Å². The zero-order valence-corrected chi connectivity index (χ0v) is 65.7. The van der Waals surface area contributed by atoms with Gasteiger partial charge in [-0.2, -0.15) is 0 Å². The maximum Gasteiger partial charge on any atom is 0.472 e. The highest BCUT2D eigenvalue weighted by atomic mass is 31.2. The fourth-order valence-electron chi connectivity index (χ4n) is 12.2. The van der Waals surface area contributed by atoms with E-state index in [1.165, 1.54) is 244 Å². The van der Waals surface area contributed by atoms with Gasteiger partial charge >= 0.3 is 39.5 Å². The second kappa shape index (κ2) is 72.0. The van der Waals surface area contributed by atoms with Gasteiger partial charge in [0.2, 0.25) is 0 Å². The Hall–Kier alpha value is -1.94. The zero-order valence-electron chi connectivity index (χ0n) is 63.9. The highest BCUT2D eigenvalue weighted by Crippen LogP contribution is 2.45. The predicted octanol–water partition coefficient (Wildman–Crippen LogP) is 23.6. The van der Waals surface area contributed by atoms with Gasteiger partial charge in [0, 0.05) is 25.7 Å². The molecule has 0 aliphatic carbocycles. The molecule has 0 aliphatic rings. The number of rotatable bonds is 79.